The zero-order valence-corrected chi connectivity index (χ0v) is 5.68. The maximum atomic E-state index is 12.5. The first-order valence-corrected chi connectivity index (χ1v) is 3.15. The molecule has 6 heteroatoms. The molecule has 2 rings (SSSR count). The summed E-state index contributed by atoms with van der Waals surface area (Å²) >= 11 is 0. The third-order valence-electron chi connectivity index (χ3n) is 1.47. The van der Waals surface area contributed by atoms with Gasteiger partial charge in [-0.25, -0.2) is 13.2 Å². The van der Waals surface area contributed by atoms with Gasteiger partial charge >= 0.3 is 7.12 Å². The zero-order valence-electron chi connectivity index (χ0n) is 5.68. The summed E-state index contributed by atoms with van der Waals surface area (Å²) in [6, 6.07) is 1.66. The third kappa shape index (κ3) is 1.19. The molecular weight excluding hydrogens is 172 g/mol. The van der Waals surface area contributed by atoms with Crippen LogP contribution >= 0.6 is 0 Å². The van der Waals surface area contributed by atoms with Crippen molar-refractivity contribution in [3.8, 4) is 0 Å². The van der Waals surface area contributed by atoms with Crippen LogP contribution in [0.4, 0.5) is 13.2 Å². The molecule has 1 aromatic carbocycles. The van der Waals surface area contributed by atoms with Crippen molar-refractivity contribution in [3.05, 3.63) is 29.6 Å². The number of hydrogen-bond acceptors (Lipinski definition) is 2. The van der Waals surface area contributed by atoms with Crippen LogP contribution in [0.2, 0.25) is 0 Å². The van der Waals surface area contributed by atoms with Crippen LogP contribution in [0.15, 0.2) is 12.1 Å². The minimum atomic E-state index is -1.49. The summed E-state index contributed by atoms with van der Waals surface area (Å²) in [5.41, 5.74) is 0.131. The van der Waals surface area contributed by atoms with E-state index in [0.717, 1.165) is 12.1 Å². The Hall–Kier alpha value is -1.01. The molecule has 1 fully saturated rings. The average molecular weight is 174 g/mol. The molecule has 1 aromatic rings. The summed E-state index contributed by atoms with van der Waals surface area (Å²) in [4.78, 5) is 8.58. The highest BCUT2D eigenvalue weighted by molar-refractivity contribution is 6.65. The highest BCUT2D eigenvalue weighted by Gasteiger charge is 2.38. The lowest BCUT2D eigenvalue weighted by atomic mass is 9.83. The lowest BCUT2D eigenvalue weighted by Gasteiger charge is -1.95. The van der Waals surface area contributed by atoms with Gasteiger partial charge in [0, 0.05) is 0 Å². The lowest BCUT2D eigenvalue weighted by Crippen LogP contribution is -2.18. The Bertz CT molecular complexity index is 304. The van der Waals surface area contributed by atoms with Gasteiger partial charge < -0.3 is 0 Å². The molecule has 0 bridgehead atoms. The molecular formula is C6H2BF3O2. The summed E-state index contributed by atoms with van der Waals surface area (Å²) in [7, 11) is -0.755. The van der Waals surface area contributed by atoms with Crippen molar-refractivity contribution in [1.29, 1.82) is 0 Å². The molecule has 62 valence electrons. The molecule has 0 atom stereocenters. The predicted octanol–water partition coefficient (Wildman–Crippen LogP) is 0.761. The highest BCUT2D eigenvalue weighted by Crippen LogP contribution is 2.12. The van der Waals surface area contributed by atoms with Gasteiger partial charge in [-0.15, -0.1) is 0 Å². The van der Waals surface area contributed by atoms with Gasteiger partial charge in [0.2, 0.25) is 0 Å². The van der Waals surface area contributed by atoms with Crippen LogP contribution in [-0.2, 0) is 9.61 Å². The van der Waals surface area contributed by atoms with Crippen molar-refractivity contribution < 1.29 is 22.8 Å². The quantitative estimate of drug-likeness (QED) is 0.271. The summed E-state index contributed by atoms with van der Waals surface area (Å²) in [5, 5.41) is 0. The molecule has 0 aromatic heterocycles. The molecule has 0 radical (unpaired) electrons. The standard InChI is InChI=1S/C6H2BF3O2/c8-4-1-3(7-11-12-7)2-5(9)6(4)10/h1-2H. The number of rotatable bonds is 1. The minimum Gasteiger partial charge on any atom is -0.267 e. The van der Waals surface area contributed by atoms with Crippen LogP contribution in [0.1, 0.15) is 0 Å². The van der Waals surface area contributed by atoms with E-state index in [0.29, 0.717) is 0 Å². The van der Waals surface area contributed by atoms with Crippen LogP contribution in [0.5, 0.6) is 0 Å². The average Bonchev–Trinajstić information content (AvgIpc) is 2.81. The van der Waals surface area contributed by atoms with E-state index in [1.807, 2.05) is 0 Å². The van der Waals surface area contributed by atoms with Crippen molar-refractivity contribution in [2.45, 2.75) is 0 Å². The topological polar surface area (TPSA) is 25.1 Å². The van der Waals surface area contributed by atoms with E-state index >= 15 is 0 Å². The maximum absolute atomic E-state index is 12.5. The zero-order chi connectivity index (χ0) is 8.72. The van der Waals surface area contributed by atoms with Gasteiger partial charge in [0.05, 0.1) is 0 Å². The first kappa shape index (κ1) is 7.63. The first-order chi connectivity index (χ1) is 5.68. The van der Waals surface area contributed by atoms with Gasteiger partial charge in [0.15, 0.2) is 17.5 Å². The van der Waals surface area contributed by atoms with E-state index in [4.69, 9.17) is 0 Å². The van der Waals surface area contributed by atoms with E-state index in [9.17, 15) is 13.2 Å². The van der Waals surface area contributed by atoms with Gasteiger partial charge in [0.25, 0.3) is 0 Å². The molecule has 0 N–H and O–H groups in total. The third-order valence-corrected chi connectivity index (χ3v) is 1.47. The first-order valence-electron chi connectivity index (χ1n) is 3.15. The molecule has 12 heavy (non-hydrogen) atoms. The lowest BCUT2D eigenvalue weighted by molar-refractivity contribution is 0.0850. The molecule has 1 aliphatic heterocycles. The molecule has 0 aliphatic carbocycles. The van der Waals surface area contributed by atoms with Crippen molar-refractivity contribution in [1.82, 2.24) is 0 Å². The Morgan fingerprint density at radius 3 is 1.92 bits per heavy atom. The molecule has 1 heterocycles. The van der Waals surface area contributed by atoms with Crippen molar-refractivity contribution in [2.75, 3.05) is 0 Å². The second-order valence-corrected chi connectivity index (χ2v) is 2.32. The fourth-order valence-corrected chi connectivity index (χ4v) is 0.850. The highest BCUT2D eigenvalue weighted by atomic mass is 19.2. The van der Waals surface area contributed by atoms with Crippen LogP contribution in [-0.4, -0.2) is 7.12 Å². The molecule has 1 aliphatic rings. The predicted molar refractivity (Wildman–Crippen MR) is 33.9 cm³/mol. The van der Waals surface area contributed by atoms with E-state index in [-0.39, 0.29) is 5.46 Å². The van der Waals surface area contributed by atoms with Crippen LogP contribution in [0, 0.1) is 17.5 Å². The summed E-state index contributed by atoms with van der Waals surface area (Å²) < 4.78 is 37.4. The van der Waals surface area contributed by atoms with E-state index < -0.39 is 24.6 Å². The fraction of sp³-hybridized carbons (Fsp3) is 0. The van der Waals surface area contributed by atoms with Crippen LogP contribution < -0.4 is 5.46 Å². The maximum Gasteiger partial charge on any atom is 0.550 e. The van der Waals surface area contributed by atoms with Gasteiger partial charge in [-0.05, 0) is 17.6 Å². The second kappa shape index (κ2) is 2.50. The summed E-state index contributed by atoms with van der Waals surface area (Å²) in [6.07, 6.45) is 0. The van der Waals surface area contributed by atoms with Gasteiger partial charge in [0.1, 0.15) is 0 Å². The molecule has 1 saturated heterocycles. The molecule has 0 saturated carbocycles. The number of benzene rings is 1. The van der Waals surface area contributed by atoms with Crippen LogP contribution in [0.3, 0.4) is 0 Å². The Balaban J connectivity index is 2.45. The molecule has 2 nitrogen and oxygen atoms in total. The molecule has 0 amide bonds. The number of halogens is 3. The van der Waals surface area contributed by atoms with E-state index in [1.165, 1.54) is 0 Å². The minimum absolute atomic E-state index is 0.131. The Morgan fingerprint density at radius 1 is 1.00 bits per heavy atom. The summed E-state index contributed by atoms with van der Waals surface area (Å²) in [5.74, 6) is -3.98. The van der Waals surface area contributed by atoms with E-state index in [1.54, 1.807) is 0 Å². The van der Waals surface area contributed by atoms with Crippen molar-refractivity contribution in [3.63, 3.8) is 0 Å². The van der Waals surface area contributed by atoms with Gasteiger partial charge in [-0.3, -0.25) is 9.61 Å². The largest absolute Gasteiger partial charge is 0.550 e. The van der Waals surface area contributed by atoms with E-state index in [2.05, 4.69) is 9.61 Å². The van der Waals surface area contributed by atoms with Crippen molar-refractivity contribution >= 4 is 12.6 Å². The molecule has 0 spiro atoms. The van der Waals surface area contributed by atoms with Crippen LogP contribution in [0.25, 0.3) is 0 Å². The number of hydrogen-bond donors (Lipinski definition) is 0. The van der Waals surface area contributed by atoms with Crippen molar-refractivity contribution in [2.24, 2.45) is 0 Å². The smallest absolute Gasteiger partial charge is 0.267 e. The molecule has 0 unspecified atom stereocenters. The summed E-state index contributed by atoms with van der Waals surface area (Å²) in [6.45, 7) is 0. The SMILES string of the molecule is Fc1cc(B2OO2)cc(F)c1F. The Kier molecular flexibility index (Phi) is 1.59. The fourth-order valence-electron chi connectivity index (χ4n) is 0.850. The normalized spacial score (nSPS) is 15.1. The Labute approximate surface area is 66.0 Å². The van der Waals surface area contributed by atoms with Gasteiger partial charge in [-0.2, -0.15) is 0 Å². The monoisotopic (exact) mass is 174 g/mol. The van der Waals surface area contributed by atoms with Gasteiger partial charge in [-0.1, -0.05) is 0 Å². The Morgan fingerprint density at radius 2 is 1.50 bits per heavy atom. The second-order valence-electron chi connectivity index (χ2n) is 2.32.